The van der Waals surface area contributed by atoms with Gasteiger partial charge in [0.1, 0.15) is 0 Å². The van der Waals surface area contributed by atoms with Gasteiger partial charge in [-0.25, -0.2) is 0 Å². The summed E-state index contributed by atoms with van der Waals surface area (Å²) < 4.78 is 2.37. The molecular formula is C17H23NS. The molecule has 1 nitrogen and oxygen atoms in total. The van der Waals surface area contributed by atoms with Gasteiger partial charge in [-0.3, -0.25) is 4.31 Å². The third-order valence-corrected chi connectivity index (χ3v) is 6.69. The van der Waals surface area contributed by atoms with Gasteiger partial charge in [-0.15, -0.1) is 10.2 Å². The van der Waals surface area contributed by atoms with E-state index in [1.54, 1.807) is 0 Å². The standard InChI is InChI=1S/C17H23NS/c1-15(2)10-12-19(18(3)4)13-11-17(14-19)16-8-6-5-7-9-16/h5-11,13-14H,12H2,1-4H3. The van der Waals surface area contributed by atoms with Gasteiger partial charge in [0.25, 0.3) is 0 Å². The van der Waals surface area contributed by atoms with Gasteiger partial charge in [0, 0.05) is 5.75 Å². The molecule has 0 radical (unpaired) electrons. The summed E-state index contributed by atoms with van der Waals surface area (Å²) in [6.45, 7) is 4.34. The van der Waals surface area contributed by atoms with Gasteiger partial charge < -0.3 is 0 Å². The van der Waals surface area contributed by atoms with Crippen LogP contribution >= 0.6 is 10.2 Å². The maximum absolute atomic E-state index is 2.46. The van der Waals surface area contributed by atoms with E-state index in [0.717, 1.165) is 5.75 Å². The van der Waals surface area contributed by atoms with Gasteiger partial charge in [0.2, 0.25) is 0 Å². The Morgan fingerprint density at radius 1 is 1.16 bits per heavy atom. The molecule has 0 aromatic heterocycles. The molecule has 2 rings (SSSR count). The Morgan fingerprint density at radius 3 is 2.42 bits per heavy atom. The SMILES string of the molecule is CC(C)=CCS1(N(C)C)C=CC(c2ccccc2)=C1. The summed E-state index contributed by atoms with van der Waals surface area (Å²) in [7, 11) is 3.41. The van der Waals surface area contributed by atoms with Crippen molar-refractivity contribution in [1.29, 1.82) is 0 Å². The van der Waals surface area contributed by atoms with Crippen molar-refractivity contribution in [2.75, 3.05) is 19.8 Å². The average Bonchev–Trinajstić information content (AvgIpc) is 2.83. The summed E-state index contributed by atoms with van der Waals surface area (Å²) in [5.41, 5.74) is 4.06. The van der Waals surface area contributed by atoms with Gasteiger partial charge >= 0.3 is 0 Å². The van der Waals surface area contributed by atoms with E-state index in [1.165, 1.54) is 16.7 Å². The molecule has 0 saturated carbocycles. The van der Waals surface area contributed by atoms with Crippen LogP contribution < -0.4 is 0 Å². The first-order valence-corrected chi connectivity index (χ1v) is 8.49. The molecule has 1 aliphatic rings. The summed E-state index contributed by atoms with van der Waals surface area (Å²) in [4.78, 5) is 0. The van der Waals surface area contributed by atoms with E-state index in [1.807, 2.05) is 0 Å². The Bertz CT molecular complexity index is 521. The quantitative estimate of drug-likeness (QED) is 0.712. The Labute approximate surface area is 118 Å². The molecule has 0 amide bonds. The third-order valence-electron chi connectivity index (χ3n) is 3.36. The Balaban J connectivity index is 2.32. The molecular weight excluding hydrogens is 250 g/mol. The van der Waals surface area contributed by atoms with E-state index in [0.29, 0.717) is 0 Å². The molecule has 2 heteroatoms. The molecule has 1 aromatic carbocycles. The Hall–Kier alpha value is -1.25. The fourth-order valence-electron chi connectivity index (χ4n) is 2.06. The summed E-state index contributed by atoms with van der Waals surface area (Å²) in [5, 5.41) is 4.86. The molecule has 1 heterocycles. The van der Waals surface area contributed by atoms with Crippen LogP contribution in [0.4, 0.5) is 0 Å². The van der Waals surface area contributed by atoms with Crippen molar-refractivity contribution < 1.29 is 0 Å². The van der Waals surface area contributed by atoms with Crippen molar-refractivity contribution in [3.05, 3.63) is 64.4 Å². The van der Waals surface area contributed by atoms with Crippen molar-refractivity contribution in [2.45, 2.75) is 13.8 Å². The van der Waals surface area contributed by atoms with Crippen LogP contribution in [0.2, 0.25) is 0 Å². The van der Waals surface area contributed by atoms with Gasteiger partial charge in [0.05, 0.1) is 0 Å². The van der Waals surface area contributed by atoms with Crippen LogP contribution in [0.15, 0.2) is 58.9 Å². The lowest BCUT2D eigenvalue weighted by Crippen LogP contribution is -2.17. The van der Waals surface area contributed by atoms with Crippen LogP contribution in [-0.2, 0) is 0 Å². The number of benzene rings is 1. The molecule has 1 atom stereocenters. The van der Waals surface area contributed by atoms with Crippen LogP contribution in [0.1, 0.15) is 19.4 Å². The predicted octanol–water partition coefficient (Wildman–Crippen LogP) is 4.80. The summed E-state index contributed by atoms with van der Waals surface area (Å²) in [6, 6.07) is 10.6. The van der Waals surface area contributed by atoms with Gasteiger partial charge in [0.15, 0.2) is 0 Å². The molecule has 1 unspecified atom stereocenters. The fourth-order valence-corrected chi connectivity index (χ4v) is 4.74. The molecule has 0 aliphatic carbocycles. The minimum Gasteiger partial charge on any atom is -0.267 e. The molecule has 0 saturated heterocycles. The van der Waals surface area contributed by atoms with E-state index >= 15 is 0 Å². The van der Waals surface area contributed by atoms with Crippen molar-refractivity contribution >= 4 is 15.8 Å². The minimum absolute atomic E-state index is 0.956. The Kier molecular flexibility index (Phi) is 4.33. The summed E-state index contributed by atoms with van der Waals surface area (Å²) >= 11 is 0. The fraction of sp³-hybridized carbons (Fsp3) is 0.294. The number of rotatable bonds is 4. The molecule has 0 N–H and O–H groups in total. The van der Waals surface area contributed by atoms with E-state index in [-0.39, 0.29) is 0 Å². The Morgan fingerprint density at radius 2 is 1.84 bits per heavy atom. The average molecular weight is 273 g/mol. The normalized spacial score (nSPS) is 25.0. The number of allylic oxidation sites excluding steroid dienone is 3. The van der Waals surface area contributed by atoms with Crippen molar-refractivity contribution in [3.63, 3.8) is 0 Å². The highest BCUT2D eigenvalue weighted by Crippen LogP contribution is 2.58. The smallest absolute Gasteiger partial charge is 0.0146 e. The first kappa shape index (κ1) is 14.2. The zero-order valence-electron chi connectivity index (χ0n) is 12.3. The summed E-state index contributed by atoms with van der Waals surface area (Å²) in [6.07, 6.45) is 4.63. The van der Waals surface area contributed by atoms with Crippen LogP contribution in [-0.4, -0.2) is 24.2 Å². The highest BCUT2D eigenvalue weighted by Gasteiger charge is 2.24. The first-order valence-electron chi connectivity index (χ1n) is 6.61. The second-order valence-electron chi connectivity index (χ2n) is 5.31. The van der Waals surface area contributed by atoms with Crippen LogP contribution in [0, 0.1) is 0 Å². The molecule has 19 heavy (non-hydrogen) atoms. The number of hydrogen-bond donors (Lipinski definition) is 0. The number of nitrogens with zero attached hydrogens (tertiary/aromatic N) is 1. The summed E-state index contributed by atoms with van der Waals surface area (Å²) in [5.74, 6) is 1.11. The lowest BCUT2D eigenvalue weighted by molar-refractivity contribution is 0.690. The highest BCUT2D eigenvalue weighted by molar-refractivity contribution is 8.36. The maximum atomic E-state index is 2.46. The molecule has 0 bridgehead atoms. The molecule has 0 spiro atoms. The molecule has 1 aromatic rings. The minimum atomic E-state index is -0.956. The predicted molar refractivity (Wildman–Crippen MR) is 89.1 cm³/mol. The maximum Gasteiger partial charge on any atom is 0.0146 e. The van der Waals surface area contributed by atoms with E-state index in [9.17, 15) is 0 Å². The van der Waals surface area contributed by atoms with Crippen LogP contribution in [0.25, 0.3) is 5.57 Å². The van der Waals surface area contributed by atoms with E-state index < -0.39 is 10.2 Å². The third kappa shape index (κ3) is 3.20. The van der Waals surface area contributed by atoms with Crippen molar-refractivity contribution in [3.8, 4) is 0 Å². The molecule has 1 aliphatic heterocycles. The lowest BCUT2D eigenvalue weighted by Gasteiger charge is -2.38. The second-order valence-corrected chi connectivity index (χ2v) is 8.50. The molecule has 0 fully saturated rings. The van der Waals surface area contributed by atoms with Gasteiger partial charge in [-0.2, -0.15) is 0 Å². The van der Waals surface area contributed by atoms with Gasteiger partial charge in [-0.05, 0) is 56.0 Å². The van der Waals surface area contributed by atoms with E-state index in [4.69, 9.17) is 0 Å². The lowest BCUT2D eigenvalue weighted by atomic mass is 10.1. The number of hydrogen-bond acceptors (Lipinski definition) is 1. The monoisotopic (exact) mass is 273 g/mol. The van der Waals surface area contributed by atoms with E-state index in [2.05, 4.69) is 85.5 Å². The zero-order chi connectivity index (χ0) is 13.9. The van der Waals surface area contributed by atoms with Gasteiger partial charge in [-0.1, -0.05) is 42.0 Å². The van der Waals surface area contributed by atoms with Crippen LogP contribution in [0.3, 0.4) is 0 Å². The first-order chi connectivity index (χ1) is 9.03. The molecule has 102 valence electrons. The van der Waals surface area contributed by atoms with Crippen molar-refractivity contribution in [1.82, 2.24) is 4.31 Å². The highest BCUT2D eigenvalue weighted by atomic mass is 32.3. The largest absolute Gasteiger partial charge is 0.267 e. The van der Waals surface area contributed by atoms with Crippen LogP contribution in [0.5, 0.6) is 0 Å². The topological polar surface area (TPSA) is 3.24 Å². The zero-order valence-corrected chi connectivity index (χ0v) is 13.1. The second kappa shape index (κ2) is 5.81. The van der Waals surface area contributed by atoms with Crippen molar-refractivity contribution in [2.24, 2.45) is 0 Å².